The van der Waals surface area contributed by atoms with E-state index in [2.05, 4.69) is 0 Å². The number of fused-ring (bicyclic) bond motifs is 1. The number of aliphatic carboxylic acids is 1. The maximum atomic E-state index is 11.5. The largest absolute Gasteiger partial charge is 0.478 e. The fourth-order valence-electron chi connectivity index (χ4n) is 2.10. The molecule has 2 aromatic rings. The summed E-state index contributed by atoms with van der Waals surface area (Å²) in [5, 5.41) is 9.99. The smallest absolute Gasteiger partial charge is 0.336 e. The van der Waals surface area contributed by atoms with Crippen molar-refractivity contribution in [1.82, 2.24) is 0 Å². The van der Waals surface area contributed by atoms with Gasteiger partial charge in [-0.2, -0.15) is 0 Å². The van der Waals surface area contributed by atoms with Crippen molar-refractivity contribution in [1.29, 1.82) is 0 Å². The molecule has 3 rings (SSSR count). The van der Waals surface area contributed by atoms with Gasteiger partial charge in [0.2, 0.25) is 6.79 Å². The number of hydrogen-bond acceptors (Lipinski definition) is 3. The van der Waals surface area contributed by atoms with Gasteiger partial charge in [0.05, 0.1) is 5.57 Å². The summed E-state index contributed by atoms with van der Waals surface area (Å²) in [7, 11) is 0. The number of hydrogen-bond donors (Lipinski definition) is 1. The van der Waals surface area contributed by atoms with Crippen LogP contribution in [0.2, 0.25) is 5.02 Å². The van der Waals surface area contributed by atoms with Crippen molar-refractivity contribution in [2.45, 2.75) is 0 Å². The van der Waals surface area contributed by atoms with Crippen LogP contribution >= 0.6 is 11.6 Å². The Hall–Kier alpha value is -2.46. The van der Waals surface area contributed by atoms with Gasteiger partial charge in [-0.3, -0.25) is 0 Å². The van der Waals surface area contributed by atoms with Gasteiger partial charge in [0, 0.05) is 5.02 Å². The van der Waals surface area contributed by atoms with Crippen LogP contribution in [-0.2, 0) is 4.79 Å². The SMILES string of the molecule is O=C(O)/C(=C\c1cccc(Cl)c1)c1ccc2c(c1)OCO2. The summed E-state index contributed by atoms with van der Waals surface area (Å²) in [5.41, 5.74) is 1.43. The molecule has 0 atom stereocenters. The summed E-state index contributed by atoms with van der Waals surface area (Å²) in [4.78, 5) is 11.5. The summed E-state index contributed by atoms with van der Waals surface area (Å²) in [6.07, 6.45) is 1.58. The Morgan fingerprint density at radius 3 is 2.71 bits per heavy atom. The number of carboxylic acids is 1. The first-order valence-corrected chi connectivity index (χ1v) is 6.62. The van der Waals surface area contributed by atoms with Crippen LogP contribution in [0.5, 0.6) is 11.5 Å². The highest BCUT2D eigenvalue weighted by Gasteiger charge is 2.17. The third-order valence-corrected chi connectivity index (χ3v) is 3.31. The first-order chi connectivity index (χ1) is 10.1. The van der Waals surface area contributed by atoms with E-state index in [0.29, 0.717) is 22.1 Å². The highest BCUT2D eigenvalue weighted by atomic mass is 35.5. The van der Waals surface area contributed by atoms with Crippen molar-refractivity contribution in [3.8, 4) is 11.5 Å². The van der Waals surface area contributed by atoms with E-state index in [1.165, 1.54) is 0 Å². The second-order valence-corrected chi connectivity index (χ2v) is 4.92. The van der Waals surface area contributed by atoms with Gasteiger partial charge < -0.3 is 14.6 Å². The first-order valence-electron chi connectivity index (χ1n) is 6.24. The fourth-order valence-corrected chi connectivity index (χ4v) is 2.29. The van der Waals surface area contributed by atoms with Gasteiger partial charge in [0.15, 0.2) is 11.5 Å². The van der Waals surface area contributed by atoms with Gasteiger partial charge in [0.1, 0.15) is 0 Å². The Morgan fingerprint density at radius 1 is 1.14 bits per heavy atom. The van der Waals surface area contributed by atoms with E-state index in [1.54, 1.807) is 48.5 Å². The molecule has 0 saturated heterocycles. The van der Waals surface area contributed by atoms with Crippen molar-refractivity contribution < 1.29 is 19.4 Å². The summed E-state index contributed by atoms with van der Waals surface area (Å²) < 4.78 is 10.5. The van der Waals surface area contributed by atoms with Crippen molar-refractivity contribution in [3.63, 3.8) is 0 Å². The summed E-state index contributed by atoms with van der Waals surface area (Å²) in [6.45, 7) is 0.152. The Balaban J connectivity index is 2.04. The molecule has 21 heavy (non-hydrogen) atoms. The number of ether oxygens (including phenoxy) is 2. The topological polar surface area (TPSA) is 55.8 Å². The minimum Gasteiger partial charge on any atom is -0.478 e. The summed E-state index contributed by atoms with van der Waals surface area (Å²) in [6, 6.07) is 12.1. The third-order valence-electron chi connectivity index (χ3n) is 3.07. The van der Waals surface area contributed by atoms with Gasteiger partial charge >= 0.3 is 5.97 Å². The number of carbonyl (C=O) groups is 1. The van der Waals surface area contributed by atoms with Gasteiger partial charge in [0.25, 0.3) is 0 Å². The molecule has 1 heterocycles. The van der Waals surface area contributed by atoms with Crippen molar-refractivity contribution in [3.05, 3.63) is 58.6 Å². The standard InChI is InChI=1S/C16H11ClO4/c17-12-3-1-2-10(6-12)7-13(16(18)19)11-4-5-14-15(8-11)21-9-20-14/h1-8H,9H2,(H,18,19)/b13-7-. The van der Waals surface area contributed by atoms with Gasteiger partial charge in [-0.1, -0.05) is 29.8 Å². The number of carboxylic acid groups (broad SMARTS) is 1. The highest BCUT2D eigenvalue weighted by Crippen LogP contribution is 2.35. The molecule has 0 aliphatic carbocycles. The van der Waals surface area contributed by atoms with E-state index in [4.69, 9.17) is 21.1 Å². The van der Waals surface area contributed by atoms with E-state index >= 15 is 0 Å². The molecular formula is C16H11ClO4. The minimum absolute atomic E-state index is 0.152. The maximum Gasteiger partial charge on any atom is 0.336 e. The minimum atomic E-state index is -1.02. The average molecular weight is 303 g/mol. The lowest BCUT2D eigenvalue weighted by Crippen LogP contribution is -1.99. The van der Waals surface area contributed by atoms with Crippen LogP contribution in [0.15, 0.2) is 42.5 Å². The van der Waals surface area contributed by atoms with Crippen LogP contribution in [0.25, 0.3) is 11.6 Å². The predicted molar refractivity (Wildman–Crippen MR) is 79.5 cm³/mol. The van der Waals surface area contributed by atoms with Crippen molar-refractivity contribution in [2.24, 2.45) is 0 Å². The van der Waals surface area contributed by atoms with Crippen LogP contribution in [0.1, 0.15) is 11.1 Å². The zero-order valence-corrected chi connectivity index (χ0v) is 11.6. The summed E-state index contributed by atoms with van der Waals surface area (Å²) in [5.74, 6) is 0.144. The van der Waals surface area contributed by atoms with E-state index in [9.17, 15) is 9.90 Å². The Bertz CT molecular complexity index is 737. The molecule has 0 saturated carbocycles. The molecule has 0 radical (unpaired) electrons. The quantitative estimate of drug-likeness (QED) is 0.694. The molecule has 1 N–H and O–H groups in total. The molecular weight excluding hydrogens is 292 g/mol. The number of halogens is 1. The van der Waals surface area contributed by atoms with E-state index in [1.807, 2.05) is 0 Å². The highest BCUT2D eigenvalue weighted by molar-refractivity contribution is 6.30. The Morgan fingerprint density at radius 2 is 1.95 bits per heavy atom. The lowest BCUT2D eigenvalue weighted by molar-refractivity contribution is -0.130. The molecule has 1 aliphatic rings. The van der Waals surface area contributed by atoms with Gasteiger partial charge in [-0.25, -0.2) is 4.79 Å². The van der Waals surface area contributed by atoms with E-state index in [-0.39, 0.29) is 12.4 Å². The molecule has 2 aromatic carbocycles. The van der Waals surface area contributed by atoms with Crippen LogP contribution in [0.4, 0.5) is 0 Å². The fraction of sp³-hybridized carbons (Fsp3) is 0.0625. The van der Waals surface area contributed by atoms with Crippen LogP contribution in [0, 0.1) is 0 Å². The Kier molecular flexibility index (Phi) is 3.54. The molecule has 4 nitrogen and oxygen atoms in total. The average Bonchev–Trinajstić information content (AvgIpc) is 2.92. The molecule has 0 spiro atoms. The molecule has 5 heteroatoms. The van der Waals surface area contributed by atoms with Crippen molar-refractivity contribution in [2.75, 3.05) is 6.79 Å². The molecule has 0 amide bonds. The normalized spacial score (nSPS) is 13.3. The Labute approximate surface area is 126 Å². The number of benzene rings is 2. The first kappa shape index (κ1) is 13.5. The van der Waals surface area contributed by atoms with Crippen LogP contribution < -0.4 is 9.47 Å². The molecule has 0 fully saturated rings. The van der Waals surface area contributed by atoms with Crippen LogP contribution in [0.3, 0.4) is 0 Å². The molecule has 0 unspecified atom stereocenters. The lowest BCUT2D eigenvalue weighted by atomic mass is 10.0. The molecule has 0 bridgehead atoms. The zero-order chi connectivity index (χ0) is 14.8. The maximum absolute atomic E-state index is 11.5. The molecule has 1 aliphatic heterocycles. The van der Waals surface area contributed by atoms with Crippen LogP contribution in [-0.4, -0.2) is 17.9 Å². The zero-order valence-electron chi connectivity index (χ0n) is 10.9. The summed E-state index contributed by atoms with van der Waals surface area (Å²) >= 11 is 5.92. The van der Waals surface area contributed by atoms with E-state index in [0.717, 1.165) is 5.56 Å². The van der Waals surface area contributed by atoms with Gasteiger partial charge in [-0.05, 0) is 41.5 Å². The van der Waals surface area contributed by atoms with Gasteiger partial charge in [-0.15, -0.1) is 0 Å². The van der Waals surface area contributed by atoms with E-state index < -0.39 is 5.97 Å². The molecule has 0 aromatic heterocycles. The second-order valence-electron chi connectivity index (χ2n) is 4.49. The van der Waals surface area contributed by atoms with Crippen molar-refractivity contribution >= 4 is 29.2 Å². The second kappa shape index (κ2) is 5.50. The monoisotopic (exact) mass is 302 g/mol. The predicted octanol–water partition coefficient (Wildman–Crippen LogP) is 3.69. The lowest BCUT2D eigenvalue weighted by Gasteiger charge is -2.05. The third kappa shape index (κ3) is 2.85. The molecule has 106 valence electrons. The number of rotatable bonds is 3.